The fourth-order valence-corrected chi connectivity index (χ4v) is 2.53. The molecule has 0 radical (unpaired) electrons. The van der Waals surface area contributed by atoms with Gasteiger partial charge in [0.25, 0.3) is 0 Å². The third-order valence-corrected chi connectivity index (χ3v) is 3.67. The predicted octanol–water partition coefficient (Wildman–Crippen LogP) is 3.14. The molecule has 2 heterocycles. The van der Waals surface area contributed by atoms with E-state index in [9.17, 15) is 9.18 Å². The van der Waals surface area contributed by atoms with E-state index < -0.39 is 0 Å². The van der Waals surface area contributed by atoms with Crippen molar-refractivity contribution < 1.29 is 13.6 Å². The van der Waals surface area contributed by atoms with Crippen LogP contribution in [-0.4, -0.2) is 34.2 Å². The topological polar surface area (TPSA) is 71.3 Å². The van der Waals surface area contributed by atoms with Crippen molar-refractivity contribution in [1.82, 2.24) is 15.1 Å². The van der Waals surface area contributed by atoms with E-state index in [0.717, 1.165) is 25.9 Å². The van der Waals surface area contributed by atoms with Crippen molar-refractivity contribution in [3.05, 3.63) is 30.1 Å². The van der Waals surface area contributed by atoms with E-state index in [2.05, 4.69) is 22.4 Å². The Morgan fingerprint density at radius 1 is 1.36 bits per heavy atom. The van der Waals surface area contributed by atoms with Crippen molar-refractivity contribution >= 4 is 12.0 Å². The lowest BCUT2D eigenvalue weighted by atomic mass is 10.0. The Morgan fingerprint density at radius 3 is 2.86 bits per heavy atom. The van der Waals surface area contributed by atoms with Crippen LogP contribution in [0, 0.1) is 11.7 Å². The van der Waals surface area contributed by atoms with Gasteiger partial charge < -0.3 is 9.32 Å². The van der Waals surface area contributed by atoms with Crippen LogP contribution in [0.4, 0.5) is 15.2 Å². The van der Waals surface area contributed by atoms with Gasteiger partial charge in [0.1, 0.15) is 5.82 Å². The number of anilines is 1. The fourth-order valence-electron chi connectivity index (χ4n) is 2.53. The van der Waals surface area contributed by atoms with E-state index in [1.807, 2.05) is 0 Å². The largest absolute Gasteiger partial charge is 0.403 e. The van der Waals surface area contributed by atoms with Crippen LogP contribution in [0.25, 0.3) is 11.5 Å². The molecule has 1 aliphatic heterocycles. The summed E-state index contributed by atoms with van der Waals surface area (Å²) in [6, 6.07) is 5.52. The van der Waals surface area contributed by atoms with E-state index >= 15 is 0 Å². The number of carbonyl (C=O) groups excluding carboxylic acids is 1. The highest BCUT2D eigenvalue weighted by molar-refractivity contribution is 5.87. The first-order valence-electron chi connectivity index (χ1n) is 7.27. The summed E-state index contributed by atoms with van der Waals surface area (Å²) >= 11 is 0. The number of amides is 2. The second-order valence-corrected chi connectivity index (χ2v) is 5.54. The highest BCUT2D eigenvalue weighted by atomic mass is 19.1. The minimum Gasteiger partial charge on any atom is -0.403 e. The zero-order valence-electron chi connectivity index (χ0n) is 12.3. The van der Waals surface area contributed by atoms with Crippen LogP contribution in [0.5, 0.6) is 0 Å². The van der Waals surface area contributed by atoms with Crippen molar-refractivity contribution in [1.29, 1.82) is 0 Å². The number of halogens is 1. The summed E-state index contributed by atoms with van der Waals surface area (Å²) in [5, 5.41) is 10.3. The Morgan fingerprint density at radius 2 is 2.14 bits per heavy atom. The zero-order chi connectivity index (χ0) is 15.5. The van der Waals surface area contributed by atoms with Crippen molar-refractivity contribution in [3.63, 3.8) is 0 Å². The van der Waals surface area contributed by atoms with Crippen molar-refractivity contribution in [2.24, 2.45) is 5.92 Å². The molecular formula is C15H17FN4O2. The monoisotopic (exact) mass is 304 g/mol. The zero-order valence-corrected chi connectivity index (χ0v) is 12.3. The van der Waals surface area contributed by atoms with Gasteiger partial charge >= 0.3 is 12.0 Å². The third-order valence-electron chi connectivity index (χ3n) is 3.67. The molecule has 2 aromatic rings. The average Bonchev–Trinajstić information content (AvgIpc) is 2.96. The van der Waals surface area contributed by atoms with Crippen LogP contribution in [0.3, 0.4) is 0 Å². The lowest BCUT2D eigenvalue weighted by Crippen LogP contribution is -2.41. The molecule has 116 valence electrons. The first kappa shape index (κ1) is 14.5. The van der Waals surface area contributed by atoms with Gasteiger partial charge in [-0.2, -0.15) is 0 Å². The van der Waals surface area contributed by atoms with E-state index in [1.165, 1.54) is 12.1 Å². The summed E-state index contributed by atoms with van der Waals surface area (Å²) in [7, 11) is 0. The number of hydrogen-bond acceptors (Lipinski definition) is 4. The highest BCUT2D eigenvalue weighted by Gasteiger charge is 2.22. The molecular weight excluding hydrogens is 287 g/mol. The van der Waals surface area contributed by atoms with Gasteiger partial charge in [-0.15, -0.1) is 5.10 Å². The SMILES string of the molecule is C[C@@H]1CCCN(C(=O)Nc2nnc(-c3ccc(F)cc3)o2)C1. The smallest absolute Gasteiger partial charge is 0.325 e. The van der Waals surface area contributed by atoms with E-state index in [1.54, 1.807) is 17.0 Å². The van der Waals surface area contributed by atoms with Gasteiger partial charge in [-0.1, -0.05) is 12.0 Å². The van der Waals surface area contributed by atoms with Gasteiger partial charge in [0, 0.05) is 18.7 Å². The van der Waals surface area contributed by atoms with Gasteiger partial charge in [0.05, 0.1) is 0 Å². The minimum absolute atomic E-state index is 0.0440. The number of nitrogens with one attached hydrogen (secondary N) is 1. The molecule has 0 aliphatic carbocycles. The highest BCUT2D eigenvalue weighted by Crippen LogP contribution is 2.21. The Bertz CT molecular complexity index is 656. The number of piperidine rings is 1. The molecule has 0 saturated carbocycles. The first-order valence-corrected chi connectivity index (χ1v) is 7.27. The number of aromatic nitrogens is 2. The molecule has 0 bridgehead atoms. The maximum absolute atomic E-state index is 12.9. The lowest BCUT2D eigenvalue weighted by molar-refractivity contribution is 0.181. The lowest BCUT2D eigenvalue weighted by Gasteiger charge is -2.30. The molecule has 1 saturated heterocycles. The second-order valence-electron chi connectivity index (χ2n) is 5.54. The van der Waals surface area contributed by atoms with Gasteiger partial charge in [-0.25, -0.2) is 9.18 Å². The van der Waals surface area contributed by atoms with Gasteiger partial charge in [0.15, 0.2) is 0 Å². The van der Waals surface area contributed by atoms with E-state index in [0.29, 0.717) is 11.5 Å². The number of nitrogens with zero attached hydrogens (tertiary/aromatic N) is 3. The van der Waals surface area contributed by atoms with Crippen molar-refractivity contribution in [3.8, 4) is 11.5 Å². The molecule has 2 amide bonds. The molecule has 1 aromatic heterocycles. The number of hydrogen-bond donors (Lipinski definition) is 1. The molecule has 1 aliphatic rings. The molecule has 3 rings (SSSR count). The van der Waals surface area contributed by atoms with Crippen molar-refractivity contribution in [2.75, 3.05) is 18.4 Å². The molecule has 1 fully saturated rings. The first-order chi connectivity index (χ1) is 10.6. The van der Waals surface area contributed by atoms with E-state index in [-0.39, 0.29) is 23.8 Å². The standard InChI is InChI=1S/C15H17FN4O2/c1-10-3-2-8-20(9-10)15(21)17-14-19-18-13(22-14)11-4-6-12(16)7-5-11/h4-7,10H,2-3,8-9H2,1H3,(H,17,19,21)/t10-/m1/s1. The number of likely N-dealkylation sites (tertiary alicyclic amines) is 1. The molecule has 1 atom stereocenters. The number of rotatable bonds is 2. The van der Waals surface area contributed by atoms with Crippen LogP contribution in [0.1, 0.15) is 19.8 Å². The summed E-state index contributed by atoms with van der Waals surface area (Å²) in [6.07, 6.45) is 2.14. The van der Waals surface area contributed by atoms with Crippen LogP contribution >= 0.6 is 0 Å². The Labute approximate surface area is 127 Å². The average molecular weight is 304 g/mol. The summed E-state index contributed by atoms with van der Waals surface area (Å²) < 4.78 is 18.3. The number of carbonyl (C=O) groups is 1. The van der Waals surface area contributed by atoms with Gasteiger partial charge in [-0.3, -0.25) is 5.32 Å². The van der Waals surface area contributed by atoms with Gasteiger partial charge in [-0.05, 0) is 43.0 Å². The molecule has 1 aromatic carbocycles. The summed E-state index contributed by atoms with van der Waals surface area (Å²) in [5.74, 6) is 0.398. The molecule has 0 spiro atoms. The third kappa shape index (κ3) is 3.24. The van der Waals surface area contributed by atoms with Crippen LogP contribution in [-0.2, 0) is 0 Å². The number of benzene rings is 1. The quantitative estimate of drug-likeness (QED) is 0.925. The number of urea groups is 1. The maximum Gasteiger partial charge on any atom is 0.325 e. The normalized spacial score (nSPS) is 18.3. The second kappa shape index (κ2) is 6.13. The Kier molecular flexibility index (Phi) is 4.04. The Hall–Kier alpha value is -2.44. The summed E-state index contributed by atoms with van der Waals surface area (Å²) in [5.41, 5.74) is 0.598. The fraction of sp³-hybridized carbons (Fsp3) is 0.400. The molecule has 0 unspecified atom stereocenters. The van der Waals surface area contributed by atoms with Crippen LogP contribution in [0.2, 0.25) is 0 Å². The van der Waals surface area contributed by atoms with Crippen LogP contribution < -0.4 is 5.32 Å². The summed E-state index contributed by atoms with van der Waals surface area (Å²) in [6.45, 7) is 3.58. The Balaban J connectivity index is 1.66. The van der Waals surface area contributed by atoms with Crippen LogP contribution in [0.15, 0.2) is 28.7 Å². The summed E-state index contributed by atoms with van der Waals surface area (Å²) in [4.78, 5) is 13.9. The predicted molar refractivity (Wildman–Crippen MR) is 78.7 cm³/mol. The van der Waals surface area contributed by atoms with Crippen molar-refractivity contribution in [2.45, 2.75) is 19.8 Å². The minimum atomic E-state index is -0.337. The molecule has 6 nitrogen and oxygen atoms in total. The molecule has 22 heavy (non-hydrogen) atoms. The molecule has 1 N–H and O–H groups in total. The van der Waals surface area contributed by atoms with E-state index in [4.69, 9.17) is 4.42 Å². The maximum atomic E-state index is 12.9. The molecule has 7 heteroatoms. The van der Waals surface area contributed by atoms with Gasteiger partial charge in [0.2, 0.25) is 5.89 Å².